The van der Waals surface area contributed by atoms with Crippen molar-refractivity contribution in [3.05, 3.63) is 71.6 Å². The quantitative estimate of drug-likeness (QED) is 0.616. The molecule has 2 aromatic carbocycles. The summed E-state index contributed by atoms with van der Waals surface area (Å²) in [4.78, 5) is 18.7. The van der Waals surface area contributed by atoms with Crippen molar-refractivity contribution in [1.29, 1.82) is 0 Å². The summed E-state index contributed by atoms with van der Waals surface area (Å²) >= 11 is 0. The van der Waals surface area contributed by atoms with E-state index in [0.717, 1.165) is 5.56 Å². The number of nitrogens with zero attached hydrogens (tertiary/aromatic N) is 3. The van der Waals surface area contributed by atoms with Gasteiger partial charge in [0.2, 0.25) is 17.6 Å². The lowest BCUT2D eigenvalue weighted by molar-refractivity contribution is -0.132. The van der Waals surface area contributed by atoms with Crippen LogP contribution in [-0.4, -0.2) is 33.5 Å². The van der Waals surface area contributed by atoms with Crippen molar-refractivity contribution in [3.8, 4) is 11.4 Å². The lowest BCUT2D eigenvalue weighted by Gasteiger charge is -2.26. The first kappa shape index (κ1) is 19.7. The number of carbonyl (C=O) groups is 1. The SMILES string of the molecule is CC(C)N(CCc1nc(-c2ccc(F)cc2)no1)C(=O)Cc1ccc(F)cc1. The molecule has 0 saturated heterocycles. The highest BCUT2D eigenvalue weighted by Crippen LogP contribution is 2.17. The average Bonchev–Trinajstić information content (AvgIpc) is 3.13. The van der Waals surface area contributed by atoms with E-state index in [2.05, 4.69) is 10.1 Å². The zero-order chi connectivity index (χ0) is 20.1. The predicted octanol–water partition coefficient (Wildman–Crippen LogP) is 4.04. The molecule has 0 aliphatic carbocycles. The summed E-state index contributed by atoms with van der Waals surface area (Å²) in [6.45, 7) is 4.28. The Balaban J connectivity index is 1.62. The molecule has 1 heterocycles. The predicted molar refractivity (Wildman–Crippen MR) is 100 cm³/mol. The zero-order valence-electron chi connectivity index (χ0n) is 15.7. The number of amides is 1. The fourth-order valence-corrected chi connectivity index (χ4v) is 2.84. The summed E-state index contributed by atoms with van der Waals surface area (Å²) < 4.78 is 31.3. The second kappa shape index (κ2) is 8.73. The summed E-state index contributed by atoms with van der Waals surface area (Å²) in [5.74, 6) is 0.0631. The van der Waals surface area contributed by atoms with Crippen molar-refractivity contribution >= 4 is 5.91 Å². The third-order valence-corrected chi connectivity index (χ3v) is 4.35. The number of carbonyl (C=O) groups excluding carboxylic acids is 1. The smallest absolute Gasteiger partial charge is 0.228 e. The van der Waals surface area contributed by atoms with Crippen LogP contribution in [0.1, 0.15) is 25.3 Å². The third-order valence-electron chi connectivity index (χ3n) is 4.35. The largest absolute Gasteiger partial charge is 0.339 e. The second-order valence-electron chi connectivity index (χ2n) is 6.75. The fraction of sp³-hybridized carbons (Fsp3) is 0.286. The molecule has 0 bridgehead atoms. The van der Waals surface area contributed by atoms with E-state index < -0.39 is 0 Å². The summed E-state index contributed by atoms with van der Waals surface area (Å²) in [5, 5.41) is 3.91. The summed E-state index contributed by atoms with van der Waals surface area (Å²) in [6.07, 6.45) is 0.602. The molecule has 0 N–H and O–H groups in total. The van der Waals surface area contributed by atoms with Crippen LogP contribution in [0.2, 0.25) is 0 Å². The normalized spacial score (nSPS) is 11.0. The van der Waals surface area contributed by atoms with Crippen molar-refractivity contribution in [2.75, 3.05) is 6.54 Å². The Morgan fingerprint density at radius 1 is 1.04 bits per heavy atom. The zero-order valence-corrected chi connectivity index (χ0v) is 15.7. The van der Waals surface area contributed by atoms with Crippen molar-refractivity contribution < 1.29 is 18.1 Å². The Bertz CT molecular complexity index is 922. The van der Waals surface area contributed by atoms with Gasteiger partial charge in [0, 0.05) is 24.6 Å². The maximum absolute atomic E-state index is 13.0. The van der Waals surface area contributed by atoms with Crippen LogP contribution in [0.4, 0.5) is 8.78 Å². The minimum Gasteiger partial charge on any atom is -0.339 e. The van der Waals surface area contributed by atoms with E-state index in [-0.39, 0.29) is 30.0 Å². The Labute approximate surface area is 162 Å². The Morgan fingerprint density at radius 3 is 2.25 bits per heavy atom. The first-order valence-electron chi connectivity index (χ1n) is 9.05. The fourth-order valence-electron chi connectivity index (χ4n) is 2.84. The average molecular weight is 385 g/mol. The van der Waals surface area contributed by atoms with E-state index in [9.17, 15) is 13.6 Å². The van der Waals surface area contributed by atoms with Crippen molar-refractivity contribution in [2.24, 2.45) is 0 Å². The minimum absolute atomic E-state index is 0.00700. The van der Waals surface area contributed by atoms with Crippen molar-refractivity contribution in [1.82, 2.24) is 15.0 Å². The van der Waals surface area contributed by atoms with Gasteiger partial charge in [-0.25, -0.2) is 8.78 Å². The topological polar surface area (TPSA) is 59.2 Å². The molecular formula is C21H21F2N3O2. The molecule has 0 saturated carbocycles. The van der Waals surface area contributed by atoms with Gasteiger partial charge < -0.3 is 9.42 Å². The van der Waals surface area contributed by atoms with Crippen LogP contribution in [0.5, 0.6) is 0 Å². The third kappa shape index (κ3) is 5.00. The van der Waals surface area contributed by atoms with Gasteiger partial charge in [0.15, 0.2) is 0 Å². The highest BCUT2D eigenvalue weighted by Gasteiger charge is 2.19. The van der Waals surface area contributed by atoms with Crippen LogP contribution < -0.4 is 0 Å². The van der Waals surface area contributed by atoms with Crippen LogP contribution >= 0.6 is 0 Å². The van der Waals surface area contributed by atoms with Crippen LogP contribution in [0.15, 0.2) is 53.1 Å². The van der Waals surface area contributed by atoms with E-state index in [4.69, 9.17) is 4.52 Å². The van der Waals surface area contributed by atoms with Crippen molar-refractivity contribution in [2.45, 2.75) is 32.7 Å². The van der Waals surface area contributed by atoms with Gasteiger partial charge in [-0.2, -0.15) is 4.98 Å². The van der Waals surface area contributed by atoms with Crippen molar-refractivity contribution in [3.63, 3.8) is 0 Å². The summed E-state index contributed by atoms with van der Waals surface area (Å²) in [6, 6.07) is 11.7. The van der Waals surface area contributed by atoms with E-state index in [1.54, 1.807) is 29.2 Å². The maximum Gasteiger partial charge on any atom is 0.228 e. The first-order valence-corrected chi connectivity index (χ1v) is 9.05. The monoisotopic (exact) mass is 385 g/mol. The van der Waals surface area contributed by atoms with E-state index in [1.165, 1.54) is 24.3 Å². The summed E-state index contributed by atoms with van der Waals surface area (Å²) in [5.41, 5.74) is 1.41. The van der Waals surface area contributed by atoms with Crippen LogP contribution in [-0.2, 0) is 17.6 Å². The molecule has 0 fully saturated rings. The molecule has 7 heteroatoms. The second-order valence-corrected chi connectivity index (χ2v) is 6.75. The van der Waals surface area contributed by atoms with Gasteiger partial charge in [0.25, 0.3) is 0 Å². The molecule has 0 atom stereocenters. The lowest BCUT2D eigenvalue weighted by atomic mass is 10.1. The van der Waals surface area contributed by atoms with Crippen LogP contribution in [0, 0.1) is 11.6 Å². The highest BCUT2D eigenvalue weighted by molar-refractivity contribution is 5.79. The van der Waals surface area contributed by atoms with E-state index in [1.807, 2.05) is 13.8 Å². The van der Waals surface area contributed by atoms with Gasteiger partial charge >= 0.3 is 0 Å². The van der Waals surface area contributed by atoms with Crippen LogP contribution in [0.25, 0.3) is 11.4 Å². The number of halogens is 2. The standard InChI is InChI=1S/C21H21F2N3O2/c1-14(2)26(20(27)13-15-3-7-17(22)8-4-15)12-11-19-24-21(25-28-19)16-5-9-18(23)10-6-16/h3-10,14H,11-13H2,1-2H3. The molecule has 3 rings (SSSR count). The molecule has 1 aromatic heterocycles. The highest BCUT2D eigenvalue weighted by atomic mass is 19.1. The number of benzene rings is 2. The number of hydrogen-bond acceptors (Lipinski definition) is 4. The molecule has 0 radical (unpaired) electrons. The summed E-state index contributed by atoms with van der Waals surface area (Å²) in [7, 11) is 0. The van der Waals surface area contributed by atoms with Gasteiger partial charge in [-0.3, -0.25) is 4.79 Å². The molecule has 3 aromatic rings. The number of aromatic nitrogens is 2. The Morgan fingerprint density at radius 2 is 1.64 bits per heavy atom. The number of hydrogen-bond donors (Lipinski definition) is 0. The number of rotatable bonds is 7. The minimum atomic E-state index is -0.334. The lowest BCUT2D eigenvalue weighted by Crippen LogP contribution is -2.39. The first-order chi connectivity index (χ1) is 13.4. The van der Waals surface area contributed by atoms with E-state index >= 15 is 0 Å². The molecular weight excluding hydrogens is 364 g/mol. The Hall–Kier alpha value is -3.09. The van der Waals surface area contributed by atoms with Gasteiger partial charge in [-0.15, -0.1) is 0 Å². The molecule has 1 amide bonds. The molecule has 0 aliphatic rings. The molecule has 0 unspecified atom stereocenters. The molecule has 28 heavy (non-hydrogen) atoms. The molecule has 146 valence electrons. The van der Waals surface area contributed by atoms with E-state index in [0.29, 0.717) is 30.2 Å². The van der Waals surface area contributed by atoms with Gasteiger partial charge in [0.1, 0.15) is 11.6 Å². The molecule has 5 nitrogen and oxygen atoms in total. The maximum atomic E-state index is 13.0. The van der Waals surface area contributed by atoms with Crippen LogP contribution in [0.3, 0.4) is 0 Å². The van der Waals surface area contributed by atoms with Gasteiger partial charge in [-0.1, -0.05) is 17.3 Å². The van der Waals surface area contributed by atoms with Gasteiger partial charge in [0.05, 0.1) is 6.42 Å². The van der Waals surface area contributed by atoms with Gasteiger partial charge in [-0.05, 0) is 55.8 Å². The Kier molecular flexibility index (Phi) is 6.13. The molecule has 0 spiro atoms. The molecule has 0 aliphatic heterocycles.